The summed E-state index contributed by atoms with van der Waals surface area (Å²) in [5, 5.41) is 0.252. The van der Waals surface area contributed by atoms with E-state index >= 15 is 0 Å². The summed E-state index contributed by atoms with van der Waals surface area (Å²) < 4.78 is 69.8. The Labute approximate surface area is 125 Å². The third-order valence-corrected chi connectivity index (χ3v) is 3.27. The van der Waals surface area contributed by atoms with Crippen molar-refractivity contribution in [2.24, 2.45) is 0 Å². The Morgan fingerprint density at radius 1 is 0.952 bits per heavy atom. The minimum absolute atomic E-state index is 0.217. The molecule has 0 N–H and O–H groups in total. The van der Waals surface area contributed by atoms with Crippen molar-refractivity contribution < 1.29 is 26.7 Å². The minimum atomic E-state index is -4.62. The zero-order valence-corrected chi connectivity index (χ0v) is 11.9. The van der Waals surface area contributed by atoms with Gasteiger partial charge in [0, 0.05) is 11.4 Å². The van der Waals surface area contributed by atoms with Gasteiger partial charge in [0.05, 0.1) is 5.56 Å². The topological polar surface area (TPSA) is 9.23 Å². The van der Waals surface area contributed by atoms with Crippen LogP contribution >= 0.6 is 15.9 Å². The highest BCUT2D eigenvalue weighted by Crippen LogP contribution is 2.39. The number of ether oxygens (including phenoxy) is 1. The lowest BCUT2D eigenvalue weighted by atomic mass is 10.1. The maximum Gasteiger partial charge on any atom is 0.419 e. The van der Waals surface area contributed by atoms with Crippen molar-refractivity contribution in [1.82, 2.24) is 0 Å². The molecule has 7 heteroatoms. The molecule has 0 unspecified atom stereocenters. The number of hydrogen-bond acceptors (Lipinski definition) is 1. The summed E-state index contributed by atoms with van der Waals surface area (Å²) in [7, 11) is 0. The van der Waals surface area contributed by atoms with Crippen molar-refractivity contribution in [3.05, 3.63) is 59.2 Å². The van der Waals surface area contributed by atoms with Gasteiger partial charge in [0.1, 0.15) is 11.5 Å². The van der Waals surface area contributed by atoms with Crippen molar-refractivity contribution >= 4 is 15.9 Å². The lowest BCUT2D eigenvalue weighted by Gasteiger charge is -2.15. The highest BCUT2D eigenvalue weighted by Gasteiger charge is 2.34. The van der Waals surface area contributed by atoms with Gasteiger partial charge in [-0.1, -0.05) is 22.0 Å². The summed E-state index contributed by atoms with van der Waals surface area (Å²) in [4.78, 5) is 0. The molecular weight excluding hydrogens is 359 g/mol. The van der Waals surface area contributed by atoms with E-state index in [1.165, 1.54) is 6.07 Å². The van der Waals surface area contributed by atoms with Gasteiger partial charge in [-0.15, -0.1) is 0 Å². The van der Waals surface area contributed by atoms with Gasteiger partial charge in [-0.25, -0.2) is 8.78 Å². The maximum absolute atomic E-state index is 13.1. The van der Waals surface area contributed by atoms with Crippen LogP contribution in [0, 0.1) is 11.6 Å². The number of benzene rings is 2. The van der Waals surface area contributed by atoms with Crippen LogP contribution in [-0.2, 0) is 11.5 Å². The van der Waals surface area contributed by atoms with Crippen LogP contribution in [0.25, 0.3) is 0 Å². The molecule has 1 nitrogen and oxygen atoms in total. The second-order valence-electron chi connectivity index (χ2n) is 4.14. The smallest absolute Gasteiger partial charge is 0.419 e. The Morgan fingerprint density at radius 2 is 1.67 bits per heavy atom. The molecule has 0 heterocycles. The standard InChI is InChI=1S/C14H8BrF5O/c15-7-8-1-4-13(10(5-8)14(18,19)20)21-9-2-3-11(16)12(17)6-9/h1-6H,7H2. The molecule has 112 valence electrons. The van der Waals surface area contributed by atoms with Gasteiger partial charge in [-0.3, -0.25) is 0 Å². The molecule has 0 spiro atoms. The van der Waals surface area contributed by atoms with E-state index in [1.807, 2.05) is 0 Å². The maximum atomic E-state index is 13.1. The van der Waals surface area contributed by atoms with Gasteiger partial charge in [-0.05, 0) is 29.8 Å². The van der Waals surface area contributed by atoms with Crippen LogP contribution in [0.15, 0.2) is 36.4 Å². The average molecular weight is 367 g/mol. The summed E-state index contributed by atoms with van der Waals surface area (Å²) in [6, 6.07) is 6.04. The van der Waals surface area contributed by atoms with Crippen molar-refractivity contribution in [3.8, 4) is 11.5 Å². The summed E-state index contributed by atoms with van der Waals surface area (Å²) >= 11 is 3.07. The van der Waals surface area contributed by atoms with Crippen molar-refractivity contribution in [1.29, 1.82) is 0 Å². The van der Waals surface area contributed by atoms with Gasteiger partial charge < -0.3 is 4.74 Å². The van der Waals surface area contributed by atoms with Gasteiger partial charge in [-0.2, -0.15) is 13.2 Å². The Morgan fingerprint density at radius 3 is 2.24 bits per heavy atom. The molecule has 0 fully saturated rings. The zero-order valence-electron chi connectivity index (χ0n) is 10.3. The van der Waals surface area contributed by atoms with Crippen molar-refractivity contribution in [2.75, 3.05) is 0 Å². The first-order chi connectivity index (χ1) is 9.81. The monoisotopic (exact) mass is 366 g/mol. The zero-order chi connectivity index (χ0) is 15.6. The van der Waals surface area contributed by atoms with Gasteiger partial charge in [0.15, 0.2) is 11.6 Å². The molecule has 2 aromatic carbocycles. The van der Waals surface area contributed by atoms with Crippen molar-refractivity contribution in [2.45, 2.75) is 11.5 Å². The number of halogens is 6. The molecule has 0 aliphatic heterocycles. The van der Waals surface area contributed by atoms with Crippen LogP contribution in [0.3, 0.4) is 0 Å². The minimum Gasteiger partial charge on any atom is -0.457 e. The summed E-state index contributed by atoms with van der Waals surface area (Å²) in [5.41, 5.74) is -0.566. The fourth-order valence-corrected chi connectivity index (χ4v) is 1.99. The van der Waals surface area contributed by atoms with Crippen LogP contribution in [0.1, 0.15) is 11.1 Å². The quantitative estimate of drug-likeness (QED) is 0.502. The van der Waals surface area contributed by atoms with E-state index in [0.717, 1.165) is 24.3 Å². The van der Waals surface area contributed by atoms with E-state index in [1.54, 1.807) is 0 Å². The summed E-state index contributed by atoms with van der Waals surface area (Å²) in [6.45, 7) is 0. The highest BCUT2D eigenvalue weighted by atomic mass is 79.9. The third kappa shape index (κ3) is 3.72. The molecule has 2 aromatic rings. The predicted molar refractivity (Wildman–Crippen MR) is 70.5 cm³/mol. The van der Waals surface area contributed by atoms with Crippen molar-refractivity contribution in [3.63, 3.8) is 0 Å². The van der Waals surface area contributed by atoms with E-state index < -0.39 is 29.1 Å². The Bertz CT molecular complexity index is 654. The first-order valence-corrected chi connectivity index (χ1v) is 6.82. The molecule has 0 radical (unpaired) electrons. The van der Waals surface area contributed by atoms with Gasteiger partial charge >= 0.3 is 6.18 Å². The van der Waals surface area contributed by atoms with Crippen LogP contribution < -0.4 is 4.74 Å². The lowest BCUT2D eigenvalue weighted by Crippen LogP contribution is -2.08. The Hall–Kier alpha value is -1.63. The molecule has 0 atom stereocenters. The second kappa shape index (κ2) is 6.01. The fraction of sp³-hybridized carbons (Fsp3) is 0.143. The molecule has 0 amide bonds. The molecule has 0 aromatic heterocycles. The fourth-order valence-electron chi connectivity index (χ4n) is 1.64. The van der Waals surface area contributed by atoms with E-state index in [0.29, 0.717) is 11.6 Å². The summed E-state index contributed by atoms with van der Waals surface area (Å²) in [6.07, 6.45) is -4.62. The van der Waals surface area contributed by atoms with E-state index in [2.05, 4.69) is 15.9 Å². The number of alkyl halides is 4. The largest absolute Gasteiger partial charge is 0.457 e. The van der Waals surface area contributed by atoms with E-state index in [9.17, 15) is 22.0 Å². The molecular formula is C14H8BrF5O. The van der Waals surface area contributed by atoms with E-state index in [-0.39, 0.29) is 11.1 Å². The second-order valence-corrected chi connectivity index (χ2v) is 4.70. The molecule has 0 saturated heterocycles. The summed E-state index contributed by atoms with van der Waals surface area (Å²) in [5.74, 6) is -2.99. The first kappa shape index (κ1) is 15.8. The Kier molecular flexibility index (Phi) is 4.51. The van der Waals surface area contributed by atoms with E-state index in [4.69, 9.17) is 4.74 Å². The molecule has 0 saturated carbocycles. The Balaban J connectivity index is 2.41. The van der Waals surface area contributed by atoms with Crippen LogP contribution in [-0.4, -0.2) is 0 Å². The van der Waals surface area contributed by atoms with Crippen LogP contribution in [0.5, 0.6) is 11.5 Å². The molecule has 0 aliphatic carbocycles. The van der Waals surface area contributed by atoms with Gasteiger partial charge in [0.2, 0.25) is 0 Å². The molecule has 0 aliphatic rings. The van der Waals surface area contributed by atoms with Gasteiger partial charge in [0.25, 0.3) is 0 Å². The van der Waals surface area contributed by atoms with Crippen LogP contribution in [0.4, 0.5) is 22.0 Å². The first-order valence-electron chi connectivity index (χ1n) is 5.70. The SMILES string of the molecule is Fc1ccc(Oc2ccc(CBr)cc2C(F)(F)F)cc1F. The van der Waals surface area contributed by atoms with Crippen LogP contribution in [0.2, 0.25) is 0 Å². The molecule has 0 bridgehead atoms. The number of hydrogen-bond donors (Lipinski definition) is 0. The predicted octanol–water partition coefficient (Wildman–Crippen LogP) is 5.67. The number of rotatable bonds is 3. The third-order valence-electron chi connectivity index (χ3n) is 2.62. The average Bonchev–Trinajstić information content (AvgIpc) is 2.42. The lowest BCUT2D eigenvalue weighted by molar-refractivity contribution is -0.138. The molecule has 2 rings (SSSR count). The highest BCUT2D eigenvalue weighted by molar-refractivity contribution is 9.08. The molecule has 21 heavy (non-hydrogen) atoms. The normalized spacial score (nSPS) is 11.5.